The number of fused-ring (bicyclic) bond motifs is 1. The maximum Gasteiger partial charge on any atom is 0.416 e. The number of methoxy groups -OCH3 is 1. The molecule has 2 heterocycles. The van der Waals surface area contributed by atoms with Crippen LogP contribution in [0.15, 0.2) is 60.9 Å². The van der Waals surface area contributed by atoms with Gasteiger partial charge in [0.2, 0.25) is 0 Å². The van der Waals surface area contributed by atoms with E-state index in [4.69, 9.17) is 4.74 Å². The number of aromatic amines is 1. The number of nitrogens with one attached hydrogen (secondary N) is 1. The van der Waals surface area contributed by atoms with Crippen molar-refractivity contribution in [2.45, 2.75) is 6.18 Å². The predicted octanol–water partition coefficient (Wildman–Crippen LogP) is 5.63. The van der Waals surface area contributed by atoms with Gasteiger partial charge in [-0.1, -0.05) is 18.2 Å². The summed E-state index contributed by atoms with van der Waals surface area (Å²) in [5.41, 5.74) is 0.522. The van der Waals surface area contributed by atoms with E-state index >= 15 is 0 Å². The number of nitrogens with zero attached hydrogens (tertiary/aromatic N) is 1. The van der Waals surface area contributed by atoms with Gasteiger partial charge >= 0.3 is 6.18 Å². The molecular weight excluding hydrogens is 400 g/mol. The highest BCUT2D eigenvalue weighted by atomic mass is 19.4. The van der Waals surface area contributed by atoms with Crippen LogP contribution >= 0.6 is 0 Å². The van der Waals surface area contributed by atoms with Crippen molar-refractivity contribution in [3.05, 3.63) is 83.4 Å². The van der Waals surface area contributed by atoms with E-state index in [2.05, 4.69) is 9.97 Å². The Bertz CT molecular complexity index is 1240. The molecule has 0 fully saturated rings. The average Bonchev–Trinajstić information content (AvgIpc) is 3.17. The number of carbonyl (C=O) groups excluding carboxylic acids is 1. The number of rotatable bonds is 4. The molecule has 0 saturated carbocycles. The van der Waals surface area contributed by atoms with E-state index in [0.717, 1.165) is 12.1 Å². The van der Waals surface area contributed by atoms with Crippen LogP contribution in [0.4, 0.5) is 17.6 Å². The zero-order chi connectivity index (χ0) is 21.5. The Balaban J connectivity index is 1.85. The molecule has 0 saturated heterocycles. The monoisotopic (exact) mass is 414 g/mol. The Labute approximate surface area is 168 Å². The number of benzene rings is 2. The van der Waals surface area contributed by atoms with Gasteiger partial charge in [0.05, 0.1) is 23.8 Å². The molecule has 8 heteroatoms. The van der Waals surface area contributed by atoms with E-state index < -0.39 is 23.3 Å². The van der Waals surface area contributed by atoms with Crippen molar-refractivity contribution in [2.24, 2.45) is 0 Å². The molecule has 0 radical (unpaired) electrons. The third-order valence-corrected chi connectivity index (χ3v) is 4.77. The largest absolute Gasteiger partial charge is 0.494 e. The standard InChI is InChI=1S/C22H14F4N2O2/c1-30-17-4-2-3-15(19(17)23)20(29)16-11-28-21-18(16)14(9-10-27-21)12-5-7-13(8-6-12)22(24,25)26/h2-11H,1H3,(H,27,28). The maximum absolute atomic E-state index is 14.6. The number of pyridine rings is 1. The molecule has 0 atom stereocenters. The van der Waals surface area contributed by atoms with Gasteiger partial charge in [-0.05, 0) is 41.5 Å². The highest BCUT2D eigenvalue weighted by Gasteiger charge is 2.30. The van der Waals surface area contributed by atoms with Crippen LogP contribution in [0, 0.1) is 5.82 Å². The Morgan fingerprint density at radius 2 is 1.77 bits per heavy atom. The van der Waals surface area contributed by atoms with Crippen LogP contribution in [-0.2, 0) is 6.18 Å². The summed E-state index contributed by atoms with van der Waals surface area (Å²) in [5, 5.41) is 0.393. The van der Waals surface area contributed by atoms with Crippen molar-refractivity contribution < 1.29 is 27.1 Å². The molecular formula is C22H14F4N2O2. The summed E-state index contributed by atoms with van der Waals surface area (Å²) in [5.74, 6) is -1.46. The molecule has 0 spiro atoms. The van der Waals surface area contributed by atoms with Gasteiger partial charge in [0.25, 0.3) is 0 Å². The van der Waals surface area contributed by atoms with Gasteiger partial charge in [0.1, 0.15) is 5.65 Å². The Morgan fingerprint density at radius 3 is 2.43 bits per heavy atom. The van der Waals surface area contributed by atoms with E-state index in [1.165, 1.54) is 49.8 Å². The van der Waals surface area contributed by atoms with Crippen molar-refractivity contribution in [3.63, 3.8) is 0 Å². The zero-order valence-electron chi connectivity index (χ0n) is 15.5. The molecule has 0 bridgehead atoms. The lowest BCUT2D eigenvalue weighted by Crippen LogP contribution is -2.05. The quantitative estimate of drug-likeness (QED) is 0.348. The third-order valence-electron chi connectivity index (χ3n) is 4.77. The third kappa shape index (κ3) is 3.30. The second-order valence-corrected chi connectivity index (χ2v) is 6.51. The number of ether oxygens (including phenoxy) is 1. The normalized spacial score (nSPS) is 11.6. The summed E-state index contributed by atoms with van der Waals surface area (Å²) in [7, 11) is 1.30. The molecule has 30 heavy (non-hydrogen) atoms. The van der Waals surface area contributed by atoms with E-state index in [1.54, 1.807) is 6.07 Å². The summed E-state index contributed by atoms with van der Waals surface area (Å²) in [6.07, 6.45) is -1.57. The lowest BCUT2D eigenvalue weighted by Gasteiger charge is -2.10. The summed E-state index contributed by atoms with van der Waals surface area (Å²) in [6.45, 7) is 0. The fourth-order valence-electron chi connectivity index (χ4n) is 3.30. The molecule has 4 aromatic rings. The molecule has 1 N–H and O–H groups in total. The molecule has 4 rings (SSSR count). The molecule has 152 valence electrons. The van der Waals surface area contributed by atoms with E-state index in [1.807, 2.05) is 0 Å². The second-order valence-electron chi connectivity index (χ2n) is 6.51. The molecule has 0 aliphatic heterocycles. The minimum Gasteiger partial charge on any atom is -0.494 e. The first-order chi connectivity index (χ1) is 14.3. The number of alkyl halides is 3. The first-order valence-corrected chi connectivity index (χ1v) is 8.82. The smallest absolute Gasteiger partial charge is 0.416 e. The van der Waals surface area contributed by atoms with E-state index in [-0.39, 0.29) is 16.9 Å². The lowest BCUT2D eigenvalue weighted by atomic mass is 9.96. The van der Waals surface area contributed by atoms with Gasteiger partial charge in [-0.2, -0.15) is 13.2 Å². The van der Waals surface area contributed by atoms with E-state index in [9.17, 15) is 22.4 Å². The summed E-state index contributed by atoms with van der Waals surface area (Å²) < 4.78 is 58.2. The van der Waals surface area contributed by atoms with Crippen LogP contribution in [-0.4, -0.2) is 22.9 Å². The maximum atomic E-state index is 14.6. The first-order valence-electron chi connectivity index (χ1n) is 8.82. The minimum absolute atomic E-state index is 0.0678. The van der Waals surface area contributed by atoms with Crippen molar-refractivity contribution in [2.75, 3.05) is 7.11 Å². The molecule has 0 aliphatic rings. The lowest BCUT2D eigenvalue weighted by molar-refractivity contribution is -0.137. The first kappa shape index (κ1) is 19.6. The molecule has 2 aromatic carbocycles. The van der Waals surface area contributed by atoms with Crippen LogP contribution in [0.2, 0.25) is 0 Å². The number of aromatic nitrogens is 2. The number of halogens is 4. The van der Waals surface area contributed by atoms with Crippen LogP contribution in [0.5, 0.6) is 5.75 Å². The highest BCUT2D eigenvalue weighted by Crippen LogP contribution is 2.35. The predicted molar refractivity (Wildman–Crippen MR) is 103 cm³/mol. The Hall–Kier alpha value is -3.68. The van der Waals surface area contributed by atoms with Gasteiger partial charge < -0.3 is 9.72 Å². The summed E-state index contributed by atoms with van der Waals surface area (Å²) >= 11 is 0. The van der Waals surface area contributed by atoms with Crippen LogP contribution < -0.4 is 4.74 Å². The van der Waals surface area contributed by atoms with Crippen molar-refractivity contribution >= 4 is 16.8 Å². The van der Waals surface area contributed by atoms with Gasteiger partial charge in [0.15, 0.2) is 17.3 Å². The highest BCUT2D eigenvalue weighted by molar-refractivity contribution is 6.18. The number of carbonyl (C=O) groups is 1. The van der Waals surface area contributed by atoms with Crippen molar-refractivity contribution in [1.82, 2.24) is 9.97 Å². The van der Waals surface area contributed by atoms with Crippen molar-refractivity contribution in [1.29, 1.82) is 0 Å². The van der Waals surface area contributed by atoms with Crippen LogP contribution in [0.3, 0.4) is 0 Å². The summed E-state index contributed by atoms with van der Waals surface area (Å²) in [4.78, 5) is 20.1. The van der Waals surface area contributed by atoms with Gasteiger partial charge in [-0.15, -0.1) is 0 Å². The minimum atomic E-state index is -4.45. The molecule has 0 amide bonds. The molecule has 0 aliphatic carbocycles. The number of hydrogen-bond donors (Lipinski definition) is 1. The van der Waals surface area contributed by atoms with Gasteiger partial charge in [-0.25, -0.2) is 9.37 Å². The zero-order valence-corrected chi connectivity index (χ0v) is 15.5. The number of hydrogen-bond acceptors (Lipinski definition) is 3. The Kier molecular flexibility index (Phi) is 4.77. The SMILES string of the molecule is COc1cccc(C(=O)c2c[nH]c3nccc(-c4ccc(C(F)(F)F)cc4)c23)c1F. The fraction of sp³-hybridized carbons (Fsp3) is 0.0909. The fourth-order valence-corrected chi connectivity index (χ4v) is 3.30. The van der Waals surface area contributed by atoms with Gasteiger partial charge in [0, 0.05) is 17.8 Å². The Morgan fingerprint density at radius 1 is 1.03 bits per heavy atom. The average molecular weight is 414 g/mol. The second kappa shape index (κ2) is 7.29. The summed E-state index contributed by atoms with van der Waals surface area (Å²) in [6, 6.07) is 10.4. The molecule has 4 nitrogen and oxygen atoms in total. The molecule has 2 aromatic heterocycles. The van der Waals surface area contributed by atoms with Crippen LogP contribution in [0.25, 0.3) is 22.2 Å². The number of ketones is 1. The number of H-pyrrole nitrogens is 1. The topological polar surface area (TPSA) is 55.0 Å². The van der Waals surface area contributed by atoms with E-state index in [0.29, 0.717) is 22.2 Å². The van der Waals surface area contributed by atoms with Crippen LogP contribution in [0.1, 0.15) is 21.5 Å². The van der Waals surface area contributed by atoms with Crippen molar-refractivity contribution in [3.8, 4) is 16.9 Å². The molecule has 0 unspecified atom stereocenters. The van der Waals surface area contributed by atoms with Gasteiger partial charge in [-0.3, -0.25) is 4.79 Å².